The molecular formula is C15H18O5. The van der Waals surface area contributed by atoms with Crippen LogP contribution in [0.3, 0.4) is 0 Å². The average molecular weight is 278 g/mol. The SMILES string of the molecule is OC1=CC(O)C(C[C@@H](O)Cc2cccc(O)c2)C(O)=C1. The molecule has 1 aliphatic carbocycles. The first-order valence-electron chi connectivity index (χ1n) is 6.41. The van der Waals surface area contributed by atoms with Gasteiger partial charge in [0, 0.05) is 12.0 Å². The molecule has 2 rings (SSSR count). The monoisotopic (exact) mass is 278 g/mol. The van der Waals surface area contributed by atoms with Crippen LogP contribution in [0, 0.1) is 5.92 Å². The Morgan fingerprint density at radius 1 is 1.15 bits per heavy atom. The van der Waals surface area contributed by atoms with Gasteiger partial charge in [0.15, 0.2) is 0 Å². The fourth-order valence-electron chi connectivity index (χ4n) is 2.36. The normalized spacial score (nSPS) is 23.9. The van der Waals surface area contributed by atoms with Gasteiger partial charge in [0.25, 0.3) is 0 Å². The van der Waals surface area contributed by atoms with E-state index in [0.29, 0.717) is 6.42 Å². The summed E-state index contributed by atoms with van der Waals surface area (Å²) in [5.74, 6) is -0.845. The van der Waals surface area contributed by atoms with E-state index in [9.17, 15) is 25.5 Å². The lowest BCUT2D eigenvalue weighted by Crippen LogP contribution is -2.28. The summed E-state index contributed by atoms with van der Waals surface area (Å²) in [5, 5.41) is 48.1. The van der Waals surface area contributed by atoms with Gasteiger partial charge in [-0.25, -0.2) is 0 Å². The minimum atomic E-state index is -1.03. The minimum Gasteiger partial charge on any atom is -0.512 e. The standard InChI is InChI=1S/C15H18O5/c16-10-3-1-2-9(4-10)5-11(17)6-13-14(19)7-12(18)8-15(13)20/h1-4,7-8,11,13-14,16-20H,5-6H2/t11-,13?,14?/m0/s1. The quantitative estimate of drug-likeness (QED) is 0.575. The molecule has 5 nitrogen and oxygen atoms in total. The van der Waals surface area contributed by atoms with Crippen molar-refractivity contribution in [1.82, 2.24) is 0 Å². The number of hydrogen-bond acceptors (Lipinski definition) is 5. The Hall–Kier alpha value is -1.98. The zero-order chi connectivity index (χ0) is 14.7. The molecule has 0 amide bonds. The highest BCUT2D eigenvalue weighted by Gasteiger charge is 2.28. The zero-order valence-corrected chi connectivity index (χ0v) is 10.8. The molecule has 3 atom stereocenters. The molecule has 2 unspecified atom stereocenters. The summed E-state index contributed by atoms with van der Waals surface area (Å²) in [6, 6.07) is 6.57. The Kier molecular flexibility index (Phi) is 4.32. The minimum absolute atomic E-state index is 0.128. The Morgan fingerprint density at radius 2 is 1.90 bits per heavy atom. The average Bonchev–Trinajstić information content (AvgIpc) is 2.33. The van der Waals surface area contributed by atoms with Gasteiger partial charge in [0.2, 0.25) is 0 Å². The van der Waals surface area contributed by atoms with Crippen molar-refractivity contribution in [3.05, 3.63) is 53.5 Å². The molecule has 108 valence electrons. The molecule has 0 radical (unpaired) electrons. The number of benzene rings is 1. The highest BCUT2D eigenvalue weighted by atomic mass is 16.3. The summed E-state index contributed by atoms with van der Waals surface area (Å²) in [7, 11) is 0. The van der Waals surface area contributed by atoms with Crippen LogP contribution in [-0.2, 0) is 6.42 Å². The Morgan fingerprint density at radius 3 is 2.55 bits per heavy atom. The third-order valence-corrected chi connectivity index (χ3v) is 3.34. The molecule has 1 aromatic carbocycles. The van der Waals surface area contributed by atoms with Gasteiger partial charge in [-0.2, -0.15) is 0 Å². The third kappa shape index (κ3) is 3.53. The molecule has 0 heterocycles. The summed E-state index contributed by atoms with van der Waals surface area (Å²) in [6.45, 7) is 0. The number of rotatable bonds is 4. The van der Waals surface area contributed by atoms with Gasteiger partial charge in [-0.05, 0) is 36.6 Å². The van der Waals surface area contributed by atoms with Gasteiger partial charge in [-0.15, -0.1) is 0 Å². The van der Waals surface area contributed by atoms with E-state index in [2.05, 4.69) is 0 Å². The maximum atomic E-state index is 10.0. The number of hydrogen-bond donors (Lipinski definition) is 5. The van der Waals surface area contributed by atoms with Gasteiger partial charge in [-0.1, -0.05) is 12.1 Å². The summed E-state index contributed by atoms with van der Waals surface area (Å²) in [5.41, 5.74) is 0.768. The first-order valence-corrected chi connectivity index (χ1v) is 6.41. The number of allylic oxidation sites excluding steroid dienone is 1. The van der Waals surface area contributed by atoms with Crippen LogP contribution >= 0.6 is 0 Å². The molecule has 0 bridgehead atoms. The van der Waals surface area contributed by atoms with Crippen LogP contribution in [0.1, 0.15) is 12.0 Å². The molecule has 0 spiro atoms. The fraction of sp³-hybridized carbons (Fsp3) is 0.333. The Labute approximate surface area is 116 Å². The molecule has 1 aromatic rings. The topological polar surface area (TPSA) is 101 Å². The van der Waals surface area contributed by atoms with Crippen LogP contribution in [0.25, 0.3) is 0 Å². The molecular weight excluding hydrogens is 260 g/mol. The van der Waals surface area contributed by atoms with Crippen molar-refractivity contribution in [2.24, 2.45) is 5.92 Å². The molecule has 0 saturated carbocycles. The number of aromatic hydroxyl groups is 1. The maximum absolute atomic E-state index is 10.0. The Balaban J connectivity index is 1.98. The molecule has 5 heteroatoms. The van der Waals surface area contributed by atoms with Crippen LogP contribution in [0.4, 0.5) is 0 Å². The number of aliphatic hydroxyl groups is 4. The second-order valence-corrected chi connectivity index (χ2v) is 5.02. The highest BCUT2D eigenvalue weighted by molar-refractivity contribution is 5.28. The van der Waals surface area contributed by atoms with Gasteiger partial charge in [0.1, 0.15) is 17.3 Å². The van der Waals surface area contributed by atoms with Crippen LogP contribution in [0.15, 0.2) is 47.9 Å². The number of aliphatic hydroxyl groups excluding tert-OH is 4. The van der Waals surface area contributed by atoms with E-state index >= 15 is 0 Å². The lowest BCUT2D eigenvalue weighted by Gasteiger charge is -2.25. The van der Waals surface area contributed by atoms with Crippen molar-refractivity contribution in [3.63, 3.8) is 0 Å². The van der Waals surface area contributed by atoms with E-state index in [1.54, 1.807) is 24.3 Å². The van der Waals surface area contributed by atoms with Crippen molar-refractivity contribution >= 4 is 0 Å². The lowest BCUT2D eigenvalue weighted by atomic mass is 9.88. The maximum Gasteiger partial charge on any atom is 0.117 e. The van der Waals surface area contributed by atoms with Gasteiger partial charge in [-0.3, -0.25) is 0 Å². The van der Waals surface area contributed by atoms with E-state index in [0.717, 1.165) is 5.56 Å². The van der Waals surface area contributed by atoms with Crippen molar-refractivity contribution in [2.45, 2.75) is 25.0 Å². The number of phenolic OH excluding ortho intramolecular Hbond substituents is 1. The third-order valence-electron chi connectivity index (χ3n) is 3.34. The molecule has 0 fully saturated rings. The molecule has 0 saturated heterocycles. The molecule has 20 heavy (non-hydrogen) atoms. The van der Waals surface area contributed by atoms with Crippen molar-refractivity contribution < 1.29 is 25.5 Å². The number of phenols is 1. The van der Waals surface area contributed by atoms with Crippen molar-refractivity contribution in [3.8, 4) is 5.75 Å². The predicted octanol–water partition coefficient (Wildman–Crippen LogP) is 1.56. The van der Waals surface area contributed by atoms with Gasteiger partial charge >= 0.3 is 0 Å². The van der Waals surface area contributed by atoms with Crippen LogP contribution in [0.2, 0.25) is 0 Å². The van der Waals surface area contributed by atoms with Gasteiger partial charge < -0.3 is 25.5 Å². The molecule has 1 aliphatic rings. The van der Waals surface area contributed by atoms with Crippen LogP contribution in [0.5, 0.6) is 5.75 Å². The fourth-order valence-corrected chi connectivity index (χ4v) is 2.36. The van der Waals surface area contributed by atoms with Gasteiger partial charge in [0.05, 0.1) is 12.2 Å². The summed E-state index contributed by atoms with van der Waals surface area (Å²) < 4.78 is 0. The Bertz CT molecular complexity index is 535. The molecule has 5 N–H and O–H groups in total. The second-order valence-electron chi connectivity index (χ2n) is 5.02. The highest BCUT2D eigenvalue weighted by Crippen LogP contribution is 2.27. The second kappa shape index (κ2) is 5.98. The first kappa shape index (κ1) is 14.4. The summed E-state index contributed by atoms with van der Waals surface area (Å²) in [6.07, 6.45) is 1.05. The molecule has 0 aromatic heterocycles. The van der Waals surface area contributed by atoms with Crippen molar-refractivity contribution in [2.75, 3.05) is 0 Å². The van der Waals surface area contributed by atoms with E-state index in [1.807, 2.05) is 0 Å². The van der Waals surface area contributed by atoms with Crippen LogP contribution in [-0.4, -0.2) is 37.7 Å². The lowest BCUT2D eigenvalue weighted by molar-refractivity contribution is 0.0769. The predicted molar refractivity (Wildman–Crippen MR) is 73.4 cm³/mol. The van der Waals surface area contributed by atoms with Crippen molar-refractivity contribution in [1.29, 1.82) is 0 Å². The zero-order valence-electron chi connectivity index (χ0n) is 10.8. The van der Waals surface area contributed by atoms with Crippen LogP contribution < -0.4 is 0 Å². The van der Waals surface area contributed by atoms with E-state index < -0.39 is 18.1 Å². The summed E-state index contributed by atoms with van der Waals surface area (Å²) >= 11 is 0. The first-order chi connectivity index (χ1) is 9.45. The largest absolute Gasteiger partial charge is 0.512 e. The smallest absolute Gasteiger partial charge is 0.117 e. The van der Waals surface area contributed by atoms with E-state index in [1.165, 1.54) is 12.2 Å². The summed E-state index contributed by atoms with van der Waals surface area (Å²) in [4.78, 5) is 0. The molecule has 0 aliphatic heterocycles. The van der Waals surface area contributed by atoms with E-state index in [4.69, 9.17) is 0 Å². The van der Waals surface area contributed by atoms with E-state index in [-0.39, 0.29) is 23.7 Å².